The summed E-state index contributed by atoms with van der Waals surface area (Å²) in [4.78, 5) is 10.6. The Balaban J connectivity index is 2.56. The Morgan fingerprint density at radius 3 is 2.33 bits per heavy atom. The second-order valence-corrected chi connectivity index (χ2v) is 5.34. The third-order valence-electron chi connectivity index (χ3n) is 2.26. The van der Waals surface area contributed by atoms with E-state index >= 15 is 0 Å². The van der Waals surface area contributed by atoms with Crippen molar-refractivity contribution in [3.05, 3.63) is 0 Å². The second-order valence-electron chi connectivity index (χ2n) is 3.19. The van der Waals surface area contributed by atoms with Crippen LogP contribution in [0.3, 0.4) is 0 Å². The molecule has 0 radical (unpaired) electrons. The lowest BCUT2D eigenvalue weighted by molar-refractivity contribution is -0.143. The van der Waals surface area contributed by atoms with E-state index in [0.717, 1.165) is 0 Å². The molecule has 0 saturated carbocycles. The maximum atomic E-state index is 10.7. The maximum absolute atomic E-state index is 10.7. The molecule has 12 heavy (non-hydrogen) atoms. The van der Waals surface area contributed by atoms with Gasteiger partial charge >= 0.3 is 5.97 Å². The minimum Gasteiger partial charge on any atom is -0.481 e. The van der Waals surface area contributed by atoms with Crippen molar-refractivity contribution in [3.8, 4) is 0 Å². The molecule has 1 aliphatic rings. The third kappa shape index (κ3) is 1.77. The normalized spacial score (nSPS) is 24.4. The fourth-order valence-corrected chi connectivity index (χ4v) is 3.22. The van der Waals surface area contributed by atoms with E-state index in [2.05, 4.69) is 0 Å². The molecule has 1 fully saturated rings. The minimum absolute atomic E-state index is 0.0534. The quantitative estimate of drug-likeness (QED) is 0.690. The number of carboxylic acids is 1. The molecular weight excluding hydrogens is 180 g/mol. The molecule has 1 heterocycles. The first kappa shape index (κ1) is 9.51. The van der Waals surface area contributed by atoms with Crippen molar-refractivity contribution in [2.24, 2.45) is 11.8 Å². The summed E-state index contributed by atoms with van der Waals surface area (Å²) in [6.07, 6.45) is 0.509. The second kappa shape index (κ2) is 3.05. The number of carbonyl (C=O) groups is 1. The monoisotopic (exact) mass is 192 g/mol. The van der Waals surface area contributed by atoms with Crippen molar-refractivity contribution < 1.29 is 18.3 Å². The topological polar surface area (TPSA) is 71.4 Å². The lowest BCUT2D eigenvalue weighted by atomic mass is 9.93. The van der Waals surface area contributed by atoms with E-state index in [1.54, 1.807) is 6.92 Å². The van der Waals surface area contributed by atoms with Crippen molar-refractivity contribution >= 4 is 15.8 Å². The molecule has 0 amide bonds. The van der Waals surface area contributed by atoms with E-state index in [0.29, 0.717) is 6.42 Å². The van der Waals surface area contributed by atoms with Crippen molar-refractivity contribution in [2.75, 3.05) is 11.5 Å². The Hall–Kier alpha value is -0.580. The first-order valence-corrected chi connectivity index (χ1v) is 5.71. The van der Waals surface area contributed by atoms with E-state index in [4.69, 9.17) is 5.11 Å². The highest BCUT2D eigenvalue weighted by Crippen LogP contribution is 2.28. The zero-order valence-corrected chi connectivity index (χ0v) is 7.67. The van der Waals surface area contributed by atoms with Gasteiger partial charge in [-0.05, 0) is 12.3 Å². The van der Waals surface area contributed by atoms with Gasteiger partial charge < -0.3 is 5.11 Å². The Morgan fingerprint density at radius 2 is 2.08 bits per heavy atom. The van der Waals surface area contributed by atoms with Gasteiger partial charge in [-0.15, -0.1) is 0 Å². The van der Waals surface area contributed by atoms with Crippen LogP contribution < -0.4 is 0 Å². The number of hydrogen-bond acceptors (Lipinski definition) is 3. The molecule has 0 aliphatic carbocycles. The van der Waals surface area contributed by atoms with Gasteiger partial charge in [0.25, 0.3) is 0 Å². The summed E-state index contributed by atoms with van der Waals surface area (Å²) >= 11 is 0. The number of rotatable bonds is 3. The van der Waals surface area contributed by atoms with Gasteiger partial charge in [-0.25, -0.2) is 8.42 Å². The average Bonchev–Trinajstić information content (AvgIpc) is 1.84. The van der Waals surface area contributed by atoms with E-state index in [-0.39, 0.29) is 17.4 Å². The fraction of sp³-hybridized carbons (Fsp3) is 0.857. The van der Waals surface area contributed by atoms with Crippen LogP contribution in [0.4, 0.5) is 0 Å². The van der Waals surface area contributed by atoms with E-state index < -0.39 is 21.7 Å². The molecule has 5 heteroatoms. The highest BCUT2D eigenvalue weighted by atomic mass is 32.2. The van der Waals surface area contributed by atoms with Crippen molar-refractivity contribution in [2.45, 2.75) is 13.3 Å². The molecule has 0 spiro atoms. The molecule has 1 atom stereocenters. The smallest absolute Gasteiger partial charge is 0.306 e. The number of carboxylic acid groups (broad SMARTS) is 1. The Kier molecular flexibility index (Phi) is 2.41. The Labute approximate surface area is 71.5 Å². The van der Waals surface area contributed by atoms with Gasteiger partial charge in [0.15, 0.2) is 9.84 Å². The zero-order valence-electron chi connectivity index (χ0n) is 6.86. The van der Waals surface area contributed by atoms with Gasteiger partial charge in [0.05, 0.1) is 17.4 Å². The van der Waals surface area contributed by atoms with Gasteiger partial charge in [-0.1, -0.05) is 6.92 Å². The predicted molar refractivity (Wildman–Crippen MR) is 43.6 cm³/mol. The van der Waals surface area contributed by atoms with Crippen LogP contribution in [0.2, 0.25) is 0 Å². The highest BCUT2D eigenvalue weighted by molar-refractivity contribution is 7.92. The van der Waals surface area contributed by atoms with Crippen LogP contribution in [0.25, 0.3) is 0 Å². The summed E-state index contributed by atoms with van der Waals surface area (Å²) in [5.74, 6) is -1.40. The summed E-state index contributed by atoms with van der Waals surface area (Å²) in [6, 6.07) is 0. The van der Waals surface area contributed by atoms with Crippen LogP contribution in [-0.2, 0) is 14.6 Å². The molecule has 0 bridgehead atoms. The first-order valence-electron chi connectivity index (χ1n) is 3.89. The van der Waals surface area contributed by atoms with Crippen LogP contribution in [0.15, 0.2) is 0 Å². The zero-order chi connectivity index (χ0) is 9.35. The number of sulfone groups is 1. The van der Waals surface area contributed by atoms with Gasteiger partial charge in [-0.3, -0.25) is 4.79 Å². The molecule has 0 aromatic heterocycles. The van der Waals surface area contributed by atoms with E-state index in [1.165, 1.54) is 0 Å². The van der Waals surface area contributed by atoms with Crippen LogP contribution in [0, 0.1) is 11.8 Å². The van der Waals surface area contributed by atoms with Crippen molar-refractivity contribution in [1.29, 1.82) is 0 Å². The third-order valence-corrected chi connectivity index (χ3v) is 4.13. The Morgan fingerprint density at radius 1 is 1.58 bits per heavy atom. The average molecular weight is 192 g/mol. The Bertz CT molecular complexity index is 268. The first-order chi connectivity index (χ1) is 5.46. The molecule has 1 aliphatic heterocycles. The molecule has 0 aromatic rings. The fourth-order valence-electron chi connectivity index (χ4n) is 1.55. The van der Waals surface area contributed by atoms with Gasteiger partial charge in [-0.2, -0.15) is 0 Å². The van der Waals surface area contributed by atoms with E-state index in [1.807, 2.05) is 0 Å². The lowest BCUT2D eigenvalue weighted by Crippen LogP contribution is -2.43. The molecule has 1 unspecified atom stereocenters. The summed E-state index contributed by atoms with van der Waals surface area (Å²) in [6.45, 7) is 1.77. The van der Waals surface area contributed by atoms with Crippen molar-refractivity contribution in [1.82, 2.24) is 0 Å². The summed E-state index contributed by atoms with van der Waals surface area (Å²) in [5, 5.41) is 8.68. The summed E-state index contributed by atoms with van der Waals surface area (Å²) in [7, 11) is -2.88. The predicted octanol–water partition coefficient (Wildman–Crippen LogP) is 0.142. The van der Waals surface area contributed by atoms with E-state index in [9.17, 15) is 13.2 Å². The van der Waals surface area contributed by atoms with Crippen molar-refractivity contribution in [3.63, 3.8) is 0 Å². The van der Waals surface area contributed by atoms with Crippen LogP contribution >= 0.6 is 0 Å². The summed E-state index contributed by atoms with van der Waals surface area (Å²) in [5.41, 5.74) is 0. The molecule has 1 saturated heterocycles. The maximum Gasteiger partial charge on any atom is 0.306 e. The number of aliphatic carboxylic acids is 1. The van der Waals surface area contributed by atoms with Crippen LogP contribution in [0.1, 0.15) is 13.3 Å². The van der Waals surface area contributed by atoms with Gasteiger partial charge in [0.2, 0.25) is 0 Å². The molecule has 1 N–H and O–H groups in total. The molecule has 4 nitrogen and oxygen atoms in total. The molecule has 0 aromatic carbocycles. The molecular formula is C7H12O4S. The van der Waals surface area contributed by atoms with Crippen LogP contribution in [0.5, 0.6) is 0 Å². The van der Waals surface area contributed by atoms with Gasteiger partial charge in [0.1, 0.15) is 0 Å². The minimum atomic E-state index is -2.88. The SMILES string of the molecule is CCC(C(=O)O)C1CS(=O)(=O)C1. The molecule has 1 rings (SSSR count). The lowest BCUT2D eigenvalue weighted by Gasteiger charge is -2.30. The summed E-state index contributed by atoms with van der Waals surface area (Å²) < 4.78 is 21.5. The van der Waals surface area contributed by atoms with Crippen LogP contribution in [-0.4, -0.2) is 31.0 Å². The molecule has 70 valence electrons. The highest BCUT2D eigenvalue weighted by Gasteiger charge is 2.40. The standard InChI is InChI=1S/C7H12O4S/c1-2-6(7(8)9)5-3-12(10,11)4-5/h5-6H,2-4H2,1H3,(H,8,9). The van der Waals surface area contributed by atoms with Gasteiger partial charge in [0, 0.05) is 0 Å². The number of hydrogen-bond donors (Lipinski definition) is 1. The largest absolute Gasteiger partial charge is 0.481 e.